The molecule has 1 unspecified atom stereocenters. The highest BCUT2D eigenvalue weighted by atomic mass is 32.1. The van der Waals surface area contributed by atoms with E-state index in [0.717, 1.165) is 13.1 Å². The first-order valence-electron chi connectivity index (χ1n) is 7.70. The van der Waals surface area contributed by atoms with Crippen molar-refractivity contribution in [1.82, 2.24) is 5.32 Å². The number of nitrogens with one attached hydrogen (secondary N) is 1. The number of hydrogen-bond acceptors (Lipinski definition) is 3. The molecule has 0 radical (unpaired) electrons. The van der Waals surface area contributed by atoms with Crippen LogP contribution in [0, 0.1) is 6.92 Å². The second-order valence-electron chi connectivity index (χ2n) is 6.17. The van der Waals surface area contributed by atoms with Gasteiger partial charge in [0.25, 0.3) is 0 Å². The summed E-state index contributed by atoms with van der Waals surface area (Å²) < 4.78 is 6.37. The van der Waals surface area contributed by atoms with E-state index in [4.69, 9.17) is 4.74 Å². The van der Waals surface area contributed by atoms with Gasteiger partial charge < -0.3 is 10.1 Å². The Balaban J connectivity index is 1.42. The molecule has 106 valence electrons. The van der Waals surface area contributed by atoms with Crippen molar-refractivity contribution in [2.45, 2.75) is 70.1 Å². The van der Waals surface area contributed by atoms with Crippen LogP contribution in [0.2, 0.25) is 0 Å². The lowest BCUT2D eigenvalue weighted by Crippen LogP contribution is -2.34. The van der Waals surface area contributed by atoms with Crippen molar-refractivity contribution in [3.8, 4) is 0 Å². The highest BCUT2D eigenvalue weighted by Gasteiger charge is 2.40. The van der Waals surface area contributed by atoms with Crippen LogP contribution >= 0.6 is 11.3 Å². The van der Waals surface area contributed by atoms with Crippen molar-refractivity contribution < 1.29 is 4.74 Å². The summed E-state index contributed by atoms with van der Waals surface area (Å²) in [6.07, 6.45) is 9.73. The molecule has 2 aliphatic rings. The fourth-order valence-corrected chi connectivity index (χ4v) is 4.40. The molecule has 1 spiro atoms. The van der Waals surface area contributed by atoms with Crippen LogP contribution in [0.3, 0.4) is 0 Å². The van der Waals surface area contributed by atoms with Gasteiger partial charge in [-0.25, -0.2) is 0 Å². The molecule has 1 aliphatic heterocycles. The van der Waals surface area contributed by atoms with Crippen LogP contribution in [0.5, 0.6) is 0 Å². The van der Waals surface area contributed by atoms with Crippen molar-refractivity contribution in [2.75, 3.05) is 6.54 Å². The second-order valence-corrected chi connectivity index (χ2v) is 7.54. The van der Waals surface area contributed by atoms with Gasteiger partial charge in [-0.3, -0.25) is 0 Å². The molecule has 1 aliphatic carbocycles. The van der Waals surface area contributed by atoms with Gasteiger partial charge in [0.15, 0.2) is 0 Å². The minimum atomic E-state index is 0.268. The summed E-state index contributed by atoms with van der Waals surface area (Å²) in [4.78, 5) is 2.83. The van der Waals surface area contributed by atoms with Crippen molar-refractivity contribution >= 4 is 11.3 Å². The van der Waals surface area contributed by atoms with E-state index < -0.39 is 0 Å². The van der Waals surface area contributed by atoms with Crippen molar-refractivity contribution in [3.63, 3.8) is 0 Å². The second kappa shape index (κ2) is 5.94. The lowest BCUT2D eigenvalue weighted by atomic mass is 9.83. The summed E-state index contributed by atoms with van der Waals surface area (Å²) >= 11 is 1.89. The SMILES string of the molecule is Cc1ccc(CNCC2CCC3(CCCCC3)O2)s1. The van der Waals surface area contributed by atoms with Gasteiger partial charge in [-0.2, -0.15) is 0 Å². The summed E-state index contributed by atoms with van der Waals surface area (Å²) in [5, 5.41) is 3.56. The molecule has 2 nitrogen and oxygen atoms in total. The maximum atomic E-state index is 6.37. The molecule has 3 rings (SSSR count). The molecule has 1 saturated carbocycles. The van der Waals surface area contributed by atoms with Crippen LogP contribution in [0.1, 0.15) is 54.7 Å². The number of thiophene rings is 1. The summed E-state index contributed by atoms with van der Waals surface area (Å²) in [7, 11) is 0. The van der Waals surface area contributed by atoms with E-state index in [1.807, 2.05) is 11.3 Å². The Morgan fingerprint density at radius 2 is 2.11 bits per heavy atom. The topological polar surface area (TPSA) is 21.3 Å². The zero-order valence-corrected chi connectivity index (χ0v) is 12.7. The average molecular weight is 279 g/mol. The fraction of sp³-hybridized carbons (Fsp3) is 0.750. The average Bonchev–Trinajstić information content (AvgIpc) is 2.99. The Bertz CT molecular complexity index is 409. The first kappa shape index (κ1) is 13.6. The zero-order chi connectivity index (χ0) is 13.1. The lowest BCUT2D eigenvalue weighted by Gasteiger charge is -2.33. The molecule has 0 bridgehead atoms. The molecular formula is C16H25NOS. The summed E-state index contributed by atoms with van der Waals surface area (Å²) in [5.41, 5.74) is 0.268. The fourth-order valence-electron chi connectivity index (χ4n) is 3.54. The largest absolute Gasteiger partial charge is 0.370 e. The molecule has 0 amide bonds. The Morgan fingerprint density at radius 1 is 1.26 bits per heavy atom. The van der Waals surface area contributed by atoms with Crippen LogP contribution < -0.4 is 5.32 Å². The molecule has 1 aromatic rings. The Hall–Kier alpha value is -0.380. The van der Waals surface area contributed by atoms with Gasteiger partial charge in [-0.15, -0.1) is 11.3 Å². The van der Waals surface area contributed by atoms with E-state index in [-0.39, 0.29) is 5.60 Å². The highest BCUT2D eigenvalue weighted by molar-refractivity contribution is 7.11. The van der Waals surface area contributed by atoms with Gasteiger partial charge in [0.05, 0.1) is 11.7 Å². The molecule has 1 N–H and O–H groups in total. The third-order valence-electron chi connectivity index (χ3n) is 4.57. The van der Waals surface area contributed by atoms with Crippen LogP contribution in [0.15, 0.2) is 12.1 Å². The van der Waals surface area contributed by atoms with Crippen LogP contribution in [0.25, 0.3) is 0 Å². The molecule has 1 atom stereocenters. The smallest absolute Gasteiger partial charge is 0.0708 e. The van der Waals surface area contributed by atoms with E-state index in [1.54, 1.807) is 0 Å². The van der Waals surface area contributed by atoms with Gasteiger partial charge in [0.2, 0.25) is 0 Å². The number of aryl methyl sites for hydroxylation is 1. The van der Waals surface area contributed by atoms with Crippen molar-refractivity contribution in [3.05, 3.63) is 21.9 Å². The first-order chi connectivity index (χ1) is 9.26. The predicted molar refractivity (Wildman–Crippen MR) is 80.7 cm³/mol. The van der Waals surface area contributed by atoms with E-state index in [2.05, 4.69) is 24.4 Å². The van der Waals surface area contributed by atoms with Crippen LogP contribution in [-0.2, 0) is 11.3 Å². The van der Waals surface area contributed by atoms with E-state index in [9.17, 15) is 0 Å². The number of ether oxygens (including phenoxy) is 1. The molecule has 1 saturated heterocycles. The van der Waals surface area contributed by atoms with Gasteiger partial charge in [-0.05, 0) is 44.7 Å². The minimum absolute atomic E-state index is 0.268. The van der Waals surface area contributed by atoms with E-state index in [0.29, 0.717) is 6.10 Å². The first-order valence-corrected chi connectivity index (χ1v) is 8.51. The third-order valence-corrected chi connectivity index (χ3v) is 5.57. The lowest BCUT2D eigenvalue weighted by molar-refractivity contribution is -0.0624. The normalized spacial score (nSPS) is 26.1. The summed E-state index contributed by atoms with van der Waals surface area (Å²) in [5.74, 6) is 0. The third kappa shape index (κ3) is 3.39. The van der Waals surface area contributed by atoms with E-state index >= 15 is 0 Å². The Labute approximate surface area is 120 Å². The van der Waals surface area contributed by atoms with Crippen LogP contribution in [-0.4, -0.2) is 18.2 Å². The van der Waals surface area contributed by atoms with Gasteiger partial charge in [-0.1, -0.05) is 19.3 Å². The molecule has 0 aromatic carbocycles. The quantitative estimate of drug-likeness (QED) is 0.898. The zero-order valence-electron chi connectivity index (χ0n) is 11.9. The van der Waals surface area contributed by atoms with Gasteiger partial charge >= 0.3 is 0 Å². The molecular weight excluding hydrogens is 254 g/mol. The van der Waals surface area contributed by atoms with E-state index in [1.165, 1.54) is 54.7 Å². The summed E-state index contributed by atoms with van der Waals surface area (Å²) in [6, 6.07) is 4.43. The standard InChI is InChI=1S/C16H25NOS/c1-13-5-6-15(19-13)12-17-11-14-7-10-16(18-14)8-3-2-4-9-16/h5-6,14,17H,2-4,7-12H2,1H3. The monoisotopic (exact) mass is 279 g/mol. The molecule has 3 heteroatoms. The minimum Gasteiger partial charge on any atom is -0.370 e. The van der Waals surface area contributed by atoms with Gasteiger partial charge in [0, 0.05) is 22.8 Å². The number of rotatable bonds is 4. The molecule has 2 heterocycles. The van der Waals surface area contributed by atoms with Crippen molar-refractivity contribution in [1.29, 1.82) is 0 Å². The Kier molecular flexibility index (Phi) is 4.25. The molecule has 2 fully saturated rings. The summed E-state index contributed by atoms with van der Waals surface area (Å²) in [6.45, 7) is 4.17. The maximum absolute atomic E-state index is 6.37. The van der Waals surface area contributed by atoms with Gasteiger partial charge in [0.1, 0.15) is 0 Å². The highest BCUT2D eigenvalue weighted by Crippen LogP contribution is 2.41. The van der Waals surface area contributed by atoms with Crippen LogP contribution in [0.4, 0.5) is 0 Å². The van der Waals surface area contributed by atoms with Crippen molar-refractivity contribution in [2.24, 2.45) is 0 Å². The Morgan fingerprint density at radius 3 is 2.84 bits per heavy atom. The maximum Gasteiger partial charge on any atom is 0.0708 e. The molecule has 1 aromatic heterocycles. The predicted octanol–water partition coefficient (Wildman–Crippen LogP) is 4.03. The number of hydrogen-bond donors (Lipinski definition) is 1. The molecule has 19 heavy (non-hydrogen) atoms.